The number of nitrogens with zero attached hydrogens (tertiary/aromatic N) is 1. The van der Waals surface area contributed by atoms with Crippen LogP contribution in [0.4, 0.5) is 5.69 Å². The second kappa shape index (κ2) is 5.19. The first-order valence-corrected chi connectivity index (χ1v) is 6.75. The van der Waals surface area contributed by atoms with Crippen LogP contribution in [0.5, 0.6) is 0 Å². The summed E-state index contributed by atoms with van der Waals surface area (Å²) >= 11 is 6.08. The zero-order valence-corrected chi connectivity index (χ0v) is 11.2. The van der Waals surface area contributed by atoms with E-state index in [1.54, 1.807) is 12.4 Å². The second-order valence-electron chi connectivity index (χ2n) is 4.75. The van der Waals surface area contributed by atoms with Crippen LogP contribution in [0.15, 0.2) is 36.7 Å². The second-order valence-corrected chi connectivity index (χ2v) is 5.15. The molecular formula is C15H15ClN2O. The maximum atomic E-state index is 10.4. The minimum Gasteiger partial charge on any atom is -0.388 e. The third kappa shape index (κ3) is 2.44. The van der Waals surface area contributed by atoms with Gasteiger partial charge in [0.2, 0.25) is 0 Å². The third-order valence-electron chi connectivity index (χ3n) is 3.51. The van der Waals surface area contributed by atoms with Gasteiger partial charge in [-0.2, -0.15) is 0 Å². The van der Waals surface area contributed by atoms with E-state index in [2.05, 4.69) is 16.4 Å². The Labute approximate surface area is 117 Å². The van der Waals surface area contributed by atoms with E-state index in [4.69, 9.17) is 11.6 Å². The van der Waals surface area contributed by atoms with E-state index in [-0.39, 0.29) is 0 Å². The summed E-state index contributed by atoms with van der Waals surface area (Å²) < 4.78 is 0. The lowest BCUT2D eigenvalue weighted by atomic mass is 9.98. The highest BCUT2D eigenvalue weighted by atomic mass is 35.5. The highest BCUT2D eigenvalue weighted by Crippen LogP contribution is 2.33. The number of hydrogen-bond donors (Lipinski definition) is 2. The number of aromatic nitrogens is 1. The van der Waals surface area contributed by atoms with Crippen LogP contribution in [-0.4, -0.2) is 16.6 Å². The van der Waals surface area contributed by atoms with E-state index in [1.165, 1.54) is 5.56 Å². The summed E-state index contributed by atoms with van der Waals surface area (Å²) in [6, 6.07) is 7.92. The van der Waals surface area contributed by atoms with Gasteiger partial charge >= 0.3 is 0 Å². The molecule has 0 saturated heterocycles. The fourth-order valence-corrected chi connectivity index (χ4v) is 2.73. The summed E-state index contributed by atoms with van der Waals surface area (Å²) in [5.74, 6) is 0. The number of anilines is 1. The third-order valence-corrected chi connectivity index (χ3v) is 3.85. The molecule has 2 N–H and O–H groups in total. The van der Waals surface area contributed by atoms with Crippen LogP contribution in [0.3, 0.4) is 0 Å². The van der Waals surface area contributed by atoms with Crippen molar-refractivity contribution in [3.8, 4) is 0 Å². The van der Waals surface area contributed by atoms with Gasteiger partial charge in [0.25, 0.3) is 0 Å². The predicted octanol–water partition coefficient (Wildman–Crippen LogP) is 2.98. The molecule has 98 valence electrons. The van der Waals surface area contributed by atoms with Gasteiger partial charge in [-0.25, -0.2) is 0 Å². The Balaban J connectivity index is 1.87. The Kier molecular flexibility index (Phi) is 3.40. The molecule has 3 nitrogen and oxygen atoms in total. The monoisotopic (exact) mass is 274 g/mol. The molecule has 1 unspecified atom stereocenters. The average molecular weight is 275 g/mol. The van der Waals surface area contributed by atoms with E-state index < -0.39 is 6.10 Å². The minimum absolute atomic E-state index is 0.499. The molecule has 0 radical (unpaired) electrons. The molecule has 4 heteroatoms. The molecule has 0 aliphatic carbocycles. The SMILES string of the molecule is OC(Cc1ccncc1Cl)c1cccc2c1NCC2. The zero-order valence-electron chi connectivity index (χ0n) is 10.4. The zero-order chi connectivity index (χ0) is 13.2. The molecule has 19 heavy (non-hydrogen) atoms. The van der Waals surface area contributed by atoms with Crippen LogP contribution in [0.2, 0.25) is 5.02 Å². The minimum atomic E-state index is -0.555. The van der Waals surface area contributed by atoms with Crippen LogP contribution in [0.1, 0.15) is 22.8 Å². The van der Waals surface area contributed by atoms with Gasteiger partial charge in [0.1, 0.15) is 0 Å². The number of rotatable bonds is 3. The number of fused-ring (bicyclic) bond motifs is 1. The molecule has 0 bridgehead atoms. The molecule has 0 fully saturated rings. The Morgan fingerprint density at radius 3 is 3.11 bits per heavy atom. The van der Waals surface area contributed by atoms with Gasteiger partial charge in [-0.1, -0.05) is 29.8 Å². The summed E-state index contributed by atoms with van der Waals surface area (Å²) in [6.45, 7) is 0.940. The number of pyridine rings is 1. The van der Waals surface area contributed by atoms with Gasteiger partial charge in [0, 0.05) is 36.6 Å². The van der Waals surface area contributed by atoms with Crippen molar-refractivity contribution in [2.75, 3.05) is 11.9 Å². The quantitative estimate of drug-likeness (QED) is 0.904. The van der Waals surface area contributed by atoms with E-state index >= 15 is 0 Å². The summed E-state index contributed by atoms with van der Waals surface area (Å²) in [4.78, 5) is 3.96. The smallest absolute Gasteiger partial charge is 0.0850 e. The summed E-state index contributed by atoms with van der Waals surface area (Å²) in [5.41, 5.74) is 4.22. The lowest BCUT2D eigenvalue weighted by Gasteiger charge is -2.16. The first-order chi connectivity index (χ1) is 9.25. The van der Waals surface area contributed by atoms with Crippen molar-refractivity contribution in [2.24, 2.45) is 0 Å². The number of hydrogen-bond acceptors (Lipinski definition) is 3. The average Bonchev–Trinajstić information content (AvgIpc) is 2.89. The largest absolute Gasteiger partial charge is 0.388 e. The number of nitrogens with one attached hydrogen (secondary N) is 1. The molecule has 2 aromatic rings. The highest BCUT2D eigenvalue weighted by Gasteiger charge is 2.19. The van der Waals surface area contributed by atoms with E-state index in [9.17, 15) is 5.11 Å². The topological polar surface area (TPSA) is 45.2 Å². The first kappa shape index (κ1) is 12.5. The fraction of sp³-hybridized carbons (Fsp3) is 0.267. The van der Waals surface area contributed by atoms with Gasteiger partial charge in [0.15, 0.2) is 0 Å². The lowest BCUT2D eigenvalue weighted by Crippen LogP contribution is -2.05. The van der Waals surface area contributed by atoms with Crippen molar-refractivity contribution < 1.29 is 5.11 Å². The molecule has 1 aliphatic rings. The van der Waals surface area contributed by atoms with Crippen LogP contribution in [0.25, 0.3) is 0 Å². The molecule has 1 aliphatic heterocycles. The van der Waals surface area contributed by atoms with Crippen LogP contribution in [-0.2, 0) is 12.8 Å². The first-order valence-electron chi connectivity index (χ1n) is 6.38. The molecule has 1 aromatic carbocycles. The van der Waals surface area contributed by atoms with Crippen molar-refractivity contribution >= 4 is 17.3 Å². The Hall–Kier alpha value is -1.58. The van der Waals surface area contributed by atoms with Gasteiger partial charge in [-0.15, -0.1) is 0 Å². The number of aliphatic hydroxyl groups is 1. The van der Waals surface area contributed by atoms with Crippen molar-refractivity contribution in [3.63, 3.8) is 0 Å². The molecule has 0 spiro atoms. The summed E-state index contributed by atoms with van der Waals surface area (Å²) in [6.07, 6.45) is 4.27. The molecule has 2 heterocycles. The highest BCUT2D eigenvalue weighted by molar-refractivity contribution is 6.31. The Morgan fingerprint density at radius 2 is 2.26 bits per heavy atom. The van der Waals surface area contributed by atoms with Crippen molar-refractivity contribution in [1.29, 1.82) is 0 Å². The number of aliphatic hydroxyl groups excluding tert-OH is 1. The van der Waals surface area contributed by atoms with Crippen LogP contribution in [0, 0.1) is 0 Å². The summed E-state index contributed by atoms with van der Waals surface area (Å²) in [7, 11) is 0. The predicted molar refractivity (Wildman–Crippen MR) is 76.5 cm³/mol. The molecule has 0 amide bonds. The van der Waals surface area contributed by atoms with Gasteiger partial charge in [-0.05, 0) is 23.6 Å². The van der Waals surface area contributed by atoms with E-state index in [0.717, 1.165) is 29.8 Å². The van der Waals surface area contributed by atoms with Gasteiger partial charge in [-0.3, -0.25) is 4.98 Å². The Bertz CT molecular complexity index is 600. The van der Waals surface area contributed by atoms with Crippen molar-refractivity contribution in [3.05, 3.63) is 58.4 Å². The molecular weight excluding hydrogens is 260 g/mol. The van der Waals surface area contributed by atoms with Crippen molar-refractivity contribution in [1.82, 2.24) is 4.98 Å². The Morgan fingerprint density at radius 1 is 1.37 bits per heavy atom. The van der Waals surface area contributed by atoms with E-state index in [1.807, 2.05) is 18.2 Å². The standard InChI is InChI=1S/C15H15ClN2O/c16-13-9-17-6-4-11(13)8-14(19)12-3-1-2-10-5-7-18-15(10)12/h1-4,6,9,14,18-19H,5,7-8H2. The molecule has 3 rings (SSSR count). The van der Waals surface area contributed by atoms with Crippen molar-refractivity contribution in [2.45, 2.75) is 18.9 Å². The summed E-state index contributed by atoms with van der Waals surface area (Å²) in [5, 5.41) is 14.4. The number of para-hydroxylation sites is 1. The number of benzene rings is 1. The maximum absolute atomic E-state index is 10.4. The van der Waals surface area contributed by atoms with Crippen LogP contribution < -0.4 is 5.32 Å². The lowest BCUT2D eigenvalue weighted by molar-refractivity contribution is 0.179. The molecule has 1 aromatic heterocycles. The maximum Gasteiger partial charge on any atom is 0.0850 e. The van der Waals surface area contributed by atoms with Gasteiger partial charge < -0.3 is 10.4 Å². The number of halogens is 1. The molecule has 0 saturated carbocycles. The van der Waals surface area contributed by atoms with Crippen LogP contribution >= 0.6 is 11.6 Å². The fourth-order valence-electron chi connectivity index (χ4n) is 2.53. The van der Waals surface area contributed by atoms with Gasteiger partial charge in [0.05, 0.1) is 11.1 Å². The van der Waals surface area contributed by atoms with E-state index in [0.29, 0.717) is 11.4 Å². The normalized spacial score (nSPS) is 14.8. The molecule has 1 atom stereocenters.